The van der Waals surface area contributed by atoms with Crippen LogP contribution in [0, 0.1) is 0 Å². The van der Waals surface area contributed by atoms with Crippen LogP contribution in [0.3, 0.4) is 0 Å². The summed E-state index contributed by atoms with van der Waals surface area (Å²) in [5.74, 6) is 0.471. The van der Waals surface area contributed by atoms with Crippen molar-refractivity contribution >= 4 is 29.1 Å². The molecule has 0 saturated heterocycles. The van der Waals surface area contributed by atoms with Crippen LogP contribution in [0.15, 0.2) is 42.5 Å². The van der Waals surface area contributed by atoms with Gasteiger partial charge < -0.3 is 20.1 Å². The lowest BCUT2D eigenvalue weighted by atomic mass is 10.1. The second-order valence-electron chi connectivity index (χ2n) is 5.50. The first kappa shape index (κ1) is 19.6. The van der Waals surface area contributed by atoms with Gasteiger partial charge in [0.15, 0.2) is 0 Å². The number of benzene rings is 2. The van der Waals surface area contributed by atoms with Gasteiger partial charge in [0.1, 0.15) is 11.5 Å². The summed E-state index contributed by atoms with van der Waals surface area (Å²) in [6.45, 7) is 0.241. The molecule has 0 radical (unpaired) electrons. The Morgan fingerprint density at radius 2 is 1.69 bits per heavy atom. The zero-order valence-corrected chi connectivity index (χ0v) is 15.4. The predicted octanol–water partition coefficient (Wildman–Crippen LogP) is 3.04. The average Bonchev–Trinajstić information content (AvgIpc) is 2.63. The van der Waals surface area contributed by atoms with Gasteiger partial charge in [-0.15, -0.1) is 0 Å². The second kappa shape index (κ2) is 9.68. The Morgan fingerprint density at radius 3 is 2.35 bits per heavy atom. The van der Waals surface area contributed by atoms with Gasteiger partial charge in [0.2, 0.25) is 11.8 Å². The summed E-state index contributed by atoms with van der Waals surface area (Å²) in [5, 5.41) is 5.85. The van der Waals surface area contributed by atoms with Gasteiger partial charge in [-0.1, -0.05) is 41.9 Å². The molecule has 138 valence electrons. The van der Waals surface area contributed by atoms with Gasteiger partial charge in [-0.3, -0.25) is 9.59 Å². The molecule has 6 nitrogen and oxygen atoms in total. The molecule has 0 spiro atoms. The molecule has 2 N–H and O–H groups in total. The fraction of sp³-hybridized carbons (Fsp3) is 0.263. The van der Waals surface area contributed by atoms with Gasteiger partial charge in [-0.25, -0.2) is 0 Å². The molecule has 0 atom stereocenters. The van der Waals surface area contributed by atoms with Gasteiger partial charge in [0, 0.05) is 25.1 Å². The number of anilines is 1. The highest BCUT2D eigenvalue weighted by Crippen LogP contribution is 2.35. The van der Waals surface area contributed by atoms with Gasteiger partial charge in [-0.2, -0.15) is 0 Å². The molecule has 0 saturated carbocycles. The number of carbonyl (C=O) groups excluding carboxylic acids is 2. The molecule has 7 heteroatoms. The van der Waals surface area contributed by atoms with Crippen LogP contribution in [0.2, 0.25) is 5.02 Å². The maximum Gasteiger partial charge on any atom is 0.226 e. The Bertz CT molecular complexity index is 766. The molecule has 0 aliphatic carbocycles. The van der Waals surface area contributed by atoms with Crippen molar-refractivity contribution in [3.63, 3.8) is 0 Å². The summed E-state index contributed by atoms with van der Waals surface area (Å²) in [7, 11) is 2.97. The van der Waals surface area contributed by atoms with Crippen molar-refractivity contribution in [3.05, 3.63) is 53.1 Å². The van der Waals surface area contributed by atoms with Crippen LogP contribution in [0.4, 0.5) is 5.69 Å². The van der Waals surface area contributed by atoms with Crippen LogP contribution in [-0.4, -0.2) is 32.6 Å². The van der Waals surface area contributed by atoms with Crippen LogP contribution in [0.25, 0.3) is 0 Å². The zero-order chi connectivity index (χ0) is 18.9. The molecule has 0 unspecified atom stereocenters. The summed E-state index contributed by atoms with van der Waals surface area (Å²) in [6, 6.07) is 12.6. The summed E-state index contributed by atoms with van der Waals surface area (Å²) in [5.41, 5.74) is 1.38. The van der Waals surface area contributed by atoms with Gasteiger partial charge >= 0.3 is 0 Å². The fourth-order valence-corrected chi connectivity index (χ4v) is 2.56. The summed E-state index contributed by atoms with van der Waals surface area (Å²) in [4.78, 5) is 24.0. The lowest BCUT2D eigenvalue weighted by molar-refractivity contribution is -0.120. The van der Waals surface area contributed by atoms with E-state index in [2.05, 4.69) is 10.6 Å². The standard InChI is InChI=1S/C19H21ClN2O4/c1-25-16-12-15(17(26-2)11-14(16)20)22-18(23)8-9-21-19(24)10-13-6-4-3-5-7-13/h3-7,11-12H,8-10H2,1-2H3,(H,21,24)(H,22,23). The molecule has 26 heavy (non-hydrogen) atoms. The maximum atomic E-state index is 12.1. The largest absolute Gasteiger partial charge is 0.495 e. The van der Waals surface area contributed by atoms with Crippen LogP contribution >= 0.6 is 11.6 Å². The van der Waals surface area contributed by atoms with Crippen LogP contribution in [0.1, 0.15) is 12.0 Å². The molecule has 0 aromatic heterocycles. The fourth-order valence-electron chi connectivity index (χ4n) is 2.33. The minimum atomic E-state index is -0.257. The summed E-state index contributed by atoms with van der Waals surface area (Å²) in [6.07, 6.45) is 0.416. The van der Waals surface area contributed by atoms with Crippen molar-refractivity contribution in [1.82, 2.24) is 5.32 Å². The lowest BCUT2D eigenvalue weighted by Crippen LogP contribution is -2.28. The van der Waals surface area contributed by atoms with E-state index in [1.54, 1.807) is 12.1 Å². The van der Waals surface area contributed by atoms with E-state index in [9.17, 15) is 9.59 Å². The van der Waals surface area contributed by atoms with Gasteiger partial charge in [-0.05, 0) is 5.56 Å². The van der Waals surface area contributed by atoms with Crippen LogP contribution < -0.4 is 20.1 Å². The van der Waals surface area contributed by atoms with Crippen molar-refractivity contribution < 1.29 is 19.1 Å². The SMILES string of the molecule is COc1cc(NC(=O)CCNC(=O)Cc2ccccc2)c(OC)cc1Cl. The molecule has 0 aliphatic rings. The Balaban J connectivity index is 1.84. The van der Waals surface area contributed by atoms with E-state index >= 15 is 0 Å². The number of amides is 2. The lowest BCUT2D eigenvalue weighted by Gasteiger charge is -2.13. The first-order chi connectivity index (χ1) is 12.5. The van der Waals surface area contributed by atoms with E-state index in [0.717, 1.165) is 5.56 Å². The highest BCUT2D eigenvalue weighted by Gasteiger charge is 2.13. The Hall–Kier alpha value is -2.73. The van der Waals surface area contributed by atoms with Gasteiger partial charge in [0.25, 0.3) is 0 Å². The summed E-state index contributed by atoms with van der Waals surface area (Å²) < 4.78 is 10.4. The first-order valence-corrected chi connectivity index (χ1v) is 8.43. The highest BCUT2D eigenvalue weighted by molar-refractivity contribution is 6.32. The first-order valence-electron chi connectivity index (χ1n) is 8.05. The number of rotatable bonds is 8. The Morgan fingerprint density at radius 1 is 1.00 bits per heavy atom. The van der Waals surface area contributed by atoms with Crippen molar-refractivity contribution in [2.45, 2.75) is 12.8 Å². The van der Waals surface area contributed by atoms with Crippen LogP contribution in [-0.2, 0) is 16.0 Å². The average molecular weight is 377 g/mol. The number of hydrogen-bond donors (Lipinski definition) is 2. The van der Waals surface area contributed by atoms with E-state index in [0.29, 0.717) is 22.2 Å². The Labute approximate surface area is 157 Å². The molecule has 2 rings (SSSR count). The molecule has 0 aliphatic heterocycles. The number of halogens is 1. The minimum Gasteiger partial charge on any atom is -0.495 e. The zero-order valence-electron chi connectivity index (χ0n) is 14.7. The molecule has 0 heterocycles. The topological polar surface area (TPSA) is 76.7 Å². The number of ether oxygens (including phenoxy) is 2. The maximum absolute atomic E-state index is 12.1. The molecular formula is C19H21ClN2O4. The smallest absolute Gasteiger partial charge is 0.226 e. The number of carbonyl (C=O) groups is 2. The van der Waals surface area contributed by atoms with Crippen LogP contribution in [0.5, 0.6) is 11.5 Å². The number of nitrogens with one attached hydrogen (secondary N) is 2. The third kappa shape index (κ3) is 5.67. The van der Waals surface area contributed by atoms with Gasteiger partial charge in [0.05, 0.1) is 31.4 Å². The highest BCUT2D eigenvalue weighted by atomic mass is 35.5. The van der Waals surface area contributed by atoms with E-state index in [4.69, 9.17) is 21.1 Å². The van der Waals surface area contributed by atoms with Crippen molar-refractivity contribution in [2.75, 3.05) is 26.1 Å². The number of methoxy groups -OCH3 is 2. The molecule has 2 aromatic rings. The van der Waals surface area contributed by atoms with E-state index in [1.807, 2.05) is 30.3 Å². The summed E-state index contributed by atoms with van der Waals surface area (Å²) >= 11 is 6.04. The third-order valence-corrected chi connectivity index (χ3v) is 3.93. The number of hydrogen-bond acceptors (Lipinski definition) is 4. The monoisotopic (exact) mass is 376 g/mol. The molecule has 2 amide bonds. The van der Waals surface area contributed by atoms with E-state index in [-0.39, 0.29) is 31.2 Å². The minimum absolute atomic E-state index is 0.130. The van der Waals surface area contributed by atoms with Crippen molar-refractivity contribution in [2.24, 2.45) is 0 Å². The van der Waals surface area contributed by atoms with Crippen molar-refractivity contribution in [3.8, 4) is 11.5 Å². The molecule has 0 fully saturated rings. The third-order valence-electron chi connectivity index (χ3n) is 3.63. The molecular weight excluding hydrogens is 356 g/mol. The van der Waals surface area contributed by atoms with E-state index in [1.165, 1.54) is 14.2 Å². The molecule has 2 aromatic carbocycles. The molecule has 0 bridgehead atoms. The van der Waals surface area contributed by atoms with E-state index < -0.39 is 0 Å². The predicted molar refractivity (Wildman–Crippen MR) is 101 cm³/mol. The van der Waals surface area contributed by atoms with Crippen molar-refractivity contribution in [1.29, 1.82) is 0 Å². The normalized spacial score (nSPS) is 10.1. The second-order valence-corrected chi connectivity index (χ2v) is 5.90. The quantitative estimate of drug-likeness (QED) is 0.742. The Kier molecular flexibility index (Phi) is 7.29.